The van der Waals surface area contributed by atoms with Gasteiger partial charge >= 0.3 is 14.2 Å². The Bertz CT molecular complexity index is 1100. The normalized spacial score (nSPS) is 17.7. The molecule has 2 heterocycles. The van der Waals surface area contributed by atoms with E-state index >= 15 is 0 Å². The first kappa shape index (κ1) is 27.7. The van der Waals surface area contributed by atoms with Gasteiger partial charge in [-0.3, -0.25) is 10.1 Å². The number of hydrogen-bond donors (Lipinski definition) is 3. The Kier molecular flexibility index (Phi) is 9.52. The van der Waals surface area contributed by atoms with Crippen molar-refractivity contribution in [2.24, 2.45) is 5.73 Å². The molecule has 192 valence electrons. The zero-order valence-electron chi connectivity index (χ0n) is 20.8. The first-order chi connectivity index (χ1) is 17.3. The highest BCUT2D eigenvalue weighted by Crippen LogP contribution is 2.32. The van der Waals surface area contributed by atoms with E-state index in [1.54, 1.807) is 18.2 Å². The lowest BCUT2D eigenvalue weighted by Gasteiger charge is -2.15. The van der Waals surface area contributed by atoms with Crippen molar-refractivity contribution in [1.82, 2.24) is 0 Å². The average Bonchev–Trinajstić information content (AvgIpc) is 3.37. The van der Waals surface area contributed by atoms with Crippen LogP contribution < -0.4 is 26.1 Å². The maximum atomic E-state index is 10.7. The van der Waals surface area contributed by atoms with Crippen molar-refractivity contribution in [2.75, 3.05) is 26.3 Å². The zero-order chi connectivity index (χ0) is 26.4. The Morgan fingerprint density at radius 2 is 1.58 bits per heavy atom. The molecular weight excluding hydrogens is 466 g/mol. The summed E-state index contributed by atoms with van der Waals surface area (Å²) in [6.45, 7) is 10.5. The molecule has 2 aliphatic rings. The van der Waals surface area contributed by atoms with Gasteiger partial charge in [0.2, 0.25) is 6.54 Å². The van der Waals surface area contributed by atoms with Gasteiger partial charge in [0.1, 0.15) is 17.6 Å². The minimum absolute atomic E-state index is 0.227. The molecule has 0 saturated carbocycles. The minimum atomic E-state index is -1.21. The predicted molar refractivity (Wildman–Crippen MR) is 138 cm³/mol. The van der Waals surface area contributed by atoms with E-state index in [1.165, 1.54) is 0 Å². The highest BCUT2D eigenvalue weighted by molar-refractivity contribution is 6.63. The zero-order valence-corrected chi connectivity index (χ0v) is 20.8. The van der Waals surface area contributed by atoms with Crippen LogP contribution in [-0.2, 0) is 15.7 Å². The second kappa shape index (κ2) is 12.4. The van der Waals surface area contributed by atoms with Gasteiger partial charge in [-0.1, -0.05) is 31.7 Å². The van der Waals surface area contributed by atoms with Crippen LogP contribution in [0.3, 0.4) is 0 Å². The van der Waals surface area contributed by atoms with Crippen LogP contribution in [0.25, 0.3) is 6.08 Å². The molecule has 0 saturated heterocycles. The third-order valence-electron chi connectivity index (χ3n) is 6.07. The number of benzene rings is 2. The Morgan fingerprint density at radius 3 is 2.08 bits per heavy atom. The number of aryl methyl sites for hydroxylation is 1. The fraction of sp³-hybridized carbons (Fsp3) is 0.417. The van der Waals surface area contributed by atoms with E-state index in [9.17, 15) is 20.2 Å². The molecule has 2 unspecified atom stereocenters. The van der Waals surface area contributed by atoms with Gasteiger partial charge in [0.25, 0.3) is 0 Å². The van der Waals surface area contributed by atoms with E-state index in [0.29, 0.717) is 47.8 Å². The largest absolute Gasteiger partial charge is 0.496 e. The van der Waals surface area contributed by atoms with Crippen molar-refractivity contribution in [3.8, 4) is 11.5 Å². The highest BCUT2D eigenvalue weighted by Gasteiger charge is 2.42. The third kappa shape index (κ3) is 5.58. The topological polar surface area (TPSA) is 147 Å². The molecular formula is C24H32B2N2O8. The maximum Gasteiger partial charge on any atom is 0.496 e. The molecule has 10 nitrogen and oxygen atoms in total. The molecule has 36 heavy (non-hydrogen) atoms. The number of nitrogens with zero attached hydrogens (tertiary/aromatic N) is 1. The molecule has 2 aliphatic heterocycles. The predicted octanol–water partition coefficient (Wildman–Crippen LogP) is 1.13. The van der Waals surface area contributed by atoms with Crippen molar-refractivity contribution >= 4 is 31.2 Å². The summed E-state index contributed by atoms with van der Waals surface area (Å²) in [4.78, 5) is 10.2. The summed E-state index contributed by atoms with van der Waals surface area (Å²) in [6, 6.07) is 7.38. The SMILES string of the molecule is C=Cc1ccc(OCC)c2c1C(C[N+](=O)[O-])OB2O.CCOc1ccc(CC)c2c1B(O)OC2CN. The van der Waals surface area contributed by atoms with Crippen LogP contribution in [-0.4, -0.2) is 55.5 Å². The summed E-state index contributed by atoms with van der Waals surface area (Å²) in [5, 5.41) is 30.6. The number of rotatable bonds is 9. The van der Waals surface area contributed by atoms with Gasteiger partial charge in [0, 0.05) is 22.4 Å². The van der Waals surface area contributed by atoms with Crippen LogP contribution >= 0.6 is 0 Å². The van der Waals surface area contributed by atoms with E-state index in [1.807, 2.05) is 26.0 Å². The molecule has 4 rings (SSSR count). The number of hydrogen-bond acceptors (Lipinski definition) is 9. The van der Waals surface area contributed by atoms with E-state index < -0.39 is 31.8 Å². The van der Waals surface area contributed by atoms with E-state index in [-0.39, 0.29) is 6.10 Å². The Balaban J connectivity index is 0.000000202. The second-order valence-electron chi connectivity index (χ2n) is 8.16. The van der Waals surface area contributed by atoms with Crippen LogP contribution in [0.2, 0.25) is 0 Å². The van der Waals surface area contributed by atoms with Crippen molar-refractivity contribution in [3.63, 3.8) is 0 Å². The summed E-state index contributed by atoms with van der Waals surface area (Å²) >= 11 is 0. The van der Waals surface area contributed by atoms with Gasteiger partial charge in [0.05, 0.1) is 19.3 Å². The molecule has 2 aromatic rings. The fourth-order valence-corrected chi connectivity index (χ4v) is 4.62. The van der Waals surface area contributed by atoms with Gasteiger partial charge < -0.3 is 34.6 Å². The van der Waals surface area contributed by atoms with Gasteiger partial charge in [-0.2, -0.15) is 0 Å². The van der Waals surface area contributed by atoms with E-state index in [2.05, 4.69) is 13.5 Å². The minimum Gasteiger partial charge on any atom is -0.494 e. The number of nitro groups is 1. The van der Waals surface area contributed by atoms with Gasteiger partial charge in [0.15, 0.2) is 0 Å². The smallest absolute Gasteiger partial charge is 0.494 e. The molecule has 2 atom stereocenters. The maximum absolute atomic E-state index is 10.7. The quantitative estimate of drug-likeness (QED) is 0.263. The lowest BCUT2D eigenvalue weighted by molar-refractivity contribution is -0.490. The first-order valence-corrected chi connectivity index (χ1v) is 12.0. The van der Waals surface area contributed by atoms with Crippen LogP contribution in [0.15, 0.2) is 30.8 Å². The van der Waals surface area contributed by atoms with E-state index in [4.69, 9.17) is 24.5 Å². The molecule has 0 radical (unpaired) electrons. The van der Waals surface area contributed by atoms with Crippen molar-refractivity contribution in [2.45, 2.75) is 39.4 Å². The molecule has 0 aliphatic carbocycles. The van der Waals surface area contributed by atoms with Crippen LogP contribution in [0.5, 0.6) is 11.5 Å². The summed E-state index contributed by atoms with van der Waals surface area (Å²) < 4.78 is 21.7. The summed E-state index contributed by atoms with van der Waals surface area (Å²) in [5.41, 5.74) is 10.4. The number of ether oxygens (including phenoxy) is 2. The summed E-state index contributed by atoms with van der Waals surface area (Å²) in [5.74, 6) is 1.18. The monoisotopic (exact) mass is 498 g/mol. The van der Waals surface area contributed by atoms with Gasteiger partial charge in [-0.25, -0.2) is 0 Å². The molecule has 2 aromatic carbocycles. The Morgan fingerprint density at radius 1 is 1.03 bits per heavy atom. The molecule has 0 amide bonds. The summed E-state index contributed by atoms with van der Waals surface area (Å²) in [7, 11) is -2.13. The number of nitrogens with two attached hydrogens (primary N) is 1. The summed E-state index contributed by atoms with van der Waals surface area (Å²) in [6.07, 6.45) is 1.47. The highest BCUT2D eigenvalue weighted by atomic mass is 16.6. The second-order valence-corrected chi connectivity index (χ2v) is 8.16. The Hall–Kier alpha value is -2.89. The van der Waals surface area contributed by atoms with Crippen LogP contribution in [0.4, 0.5) is 0 Å². The molecule has 4 N–H and O–H groups in total. The van der Waals surface area contributed by atoms with Crippen LogP contribution in [0, 0.1) is 10.1 Å². The van der Waals surface area contributed by atoms with Crippen molar-refractivity contribution in [3.05, 3.63) is 63.2 Å². The van der Waals surface area contributed by atoms with Gasteiger partial charge in [-0.05, 0) is 54.7 Å². The van der Waals surface area contributed by atoms with Crippen molar-refractivity contribution in [1.29, 1.82) is 0 Å². The standard InChI is InChI=1S/C12H14BNO5.C12H18BNO3/c1-3-8-5-6-9(18-4-2)12-11(8)10(7-14(16)17)19-13(12)15;1-3-8-5-6-9(16-4-2)12-11(8)10(7-14)17-13(12)15/h3,5-6,10,15H,1,4,7H2,2H3;5-6,10,15H,3-4,7,14H2,1-2H3. The average molecular weight is 498 g/mol. The lowest BCUT2D eigenvalue weighted by atomic mass is 9.76. The molecule has 0 bridgehead atoms. The Labute approximate surface area is 211 Å². The molecule has 0 spiro atoms. The van der Waals surface area contributed by atoms with Gasteiger partial charge in [-0.15, -0.1) is 0 Å². The molecule has 0 fully saturated rings. The third-order valence-corrected chi connectivity index (χ3v) is 6.07. The molecule has 12 heteroatoms. The first-order valence-electron chi connectivity index (χ1n) is 12.0. The van der Waals surface area contributed by atoms with E-state index in [0.717, 1.165) is 23.0 Å². The lowest BCUT2D eigenvalue weighted by Crippen LogP contribution is -2.30. The molecule has 0 aromatic heterocycles. The van der Waals surface area contributed by atoms with Crippen molar-refractivity contribution < 1.29 is 33.8 Å². The van der Waals surface area contributed by atoms with Crippen LogP contribution in [0.1, 0.15) is 55.2 Å². The fourth-order valence-electron chi connectivity index (χ4n) is 4.62. The number of fused-ring (bicyclic) bond motifs is 2.